The van der Waals surface area contributed by atoms with Crippen LogP contribution >= 0.6 is 0 Å². The monoisotopic (exact) mass is 493 g/mol. The van der Waals surface area contributed by atoms with E-state index < -0.39 is 23.6 Å². The van der Waals surface area contributed by atoms with E-state index in [2.05, 4.69) is 4.90 Å². The lowest BCUT2D eigenvalue weighted by Crippen LogP contribution is -2.40. The summed E-state index contributed by atoms with van der Waals surface area (Å²) < 4.78 is 40.6. The van der Waals surface area contributed by atoms with Gasteiger partial charge in [0.05, 0.1) is 17.4 Å². The van der Waals surface area contributed by atoms with Crippen molar-refractivity contribution in [3.05, 3.63) is 29.3 Å². The largest absolute Gasteiger partial charge is 0.481 e. The molecule has 4 fully saturated rings. The Kier molecular flexibility index (Phi) is 6.72. The van der Waals surface area contributed by atoms with E-state index in [1.54, 1.807) is 6.07 Å². The van der Waals surface area contributed by atoms with Crippen LogP contribution in [0.2, 0.25) is 0 Å². The molecule has 1 amide bonds. The molecule has 9 heteroatoms. The molecule has 0 bridgehead atoms. The van der Waals surface area contributed by atoms with Crippen LogP contribution < -0.4 is 4.90 Å². The van der Waals surface area contributed by atoms with Gasteiger partial charge >= 0.3 is 12.1 Å². The summed E-state index contributed by atoms with van der Waals surface area (Å²) >= 11 is 0. The molecule has 0 aromatic heterocycles. The number of rotatable bonds is 5. The lowest BCUT2D eigenvalue weighted by Gasteiger charge is -2.35. The van der Waals surface area contributed by atoms with Crippen LogP contribution in [0.4, 0.5) is 18.9 Å². The zero-order chi connectivity index (χ0) is 24.7. The highest BCUT2D eigenvalue weighted by atomic mass is 19.4. The molecule has 3 saturated heterocycles. The number of hydrogen-bond donors (Lipinski definition) is 1. The van der Waals surface area contributed by atoms with Crippen molar-refractivity contribution in [1.82, 2.24) is 9.80 Å². The molecule has 3 aliphatic heterocycles. The van der Waals surface area contributed by atoms with E-state index >= 15 is 0 Å². The number of piperidine rings is 1. The van der Waals surface area contributed by atoms with Gasteiger partial charge in [0, 0.05) is 50.4 Å². The third-order valence-electron chi connectivity index (χ3n) is 8.64. The van der Waals surface area contributed by atoms with Crippen molar-refractivity contribution in [2.24, 2.45) is 11.8 Å². The standard InChI is InChI=1S/C26H34F3N3O3/c27-26(28,29)20-4-5-22(23(14-20)30-10-6-17(7-11-30)25(34)35)18-8-13-32(15-18)24(33)19-9-12-31(16-19)21-2-1-3-21/h4-5,14,17-19,21H,1-3,6-13,15-16H2,(H,34,35). The Bertz CT molecular complexity index is 957. The van der Waals surface area contributed by atoms with Gasteiger partial charge < -0.3 is 14.9 Å². The highest BCUT2D eigenvalue weighted by molar-refractivity contribution is 5.80. The number of likely N-dealkylation sites (tertiary alicyclic amines) is 2. The average molecular weight is 494 g/mol. The summed E-state index contributed by atoms with van der Waals surface area (Å²) in [6.45, 7) is 3.80. The SMILES string of the molecule is O=C(O)C1CCN(c2cc(C(F)(F)F)ccc2C2CCN(C(=O)C3CCN(C4CCC4)C3)C2)CC1. The number of carboxylic acid groups (broad SMARTS) is 1. The molecule has 192 valence electrons. The molecule has 1 N–H and O–H groups in total. The minimum atomic E-state index is -4.45. The number of alkyl halides is 3. The summed E-state index contributed by atoms with van der Waals surface area (Å²) in [5, 5.41) is 9.30. The number of carbonyl (C=O) groups excluding carboxylic acids is 1. The van der Waals surface area contributed by atoms with Gasteiger partial charge in [0.1, 0.15) is 0 Å². The number of benzene rings is 1. The number of halogens is 3. The Morgan fingerprint density at radius 2 is 1.60 bits per heavy atom. The van der Waals surface area contributed by atoms with E-state index in [1.807, 2.05) is 9.80 Å². The number of amides is 1. The van der Waals surface area contributed by atoms with Gasteiger partial charge in [0.15, 0.2) is 0 Å². The molecule has 0 radical (unpaired) electrons. The van der Waals surface area contributed by atoms with Crippen LogP contribution in [0.3, 0.4) is 0 Å². The molecular formula is C26H34F3N3O3. The molecule has 1 aromatic rings. The third kappa shape index (κ3) is 5.01. The first kappa shape index (κ1) is 24.4. The van der Waals surface area contributed by atoms with Crippen LogP contribution in [0.1, 0.15) is 62.0 Å². The minimum absolute atomic E-state index is 0.0161. The van der Waals surface area contributed by atoms with Crippen molar-refractivity contribution in [3.63, 3.8) is 0 Å². The lowest BCUT2D eigenvalue weighted by molar-refractivity contribution is -0.142. The normalized spacial score (nSPS) is 26.8. The number of carboxylic acids is 1. The molecule has 6 nitrogen and oxygen atoms in total. The van der Waals surface area contributed by atoms with Crippen molar-refractivity contribution < 1.29 is 27.9 Å². The van der Waals surface area contributed by atoms with E-state index in [9.17, 15) is 27.9 Å². The Morgan fingerprint density at radius 3 is 2.23 bits per heavy atom. The number of hydrogen-bond acceptors (Lipinski definition) is 4. The molecule has 4 aliphatic rings. The quantitative estimate of drug-likeness (QED) is 0.666. The third-order valence-corrected chi connectivity index (χ3v) is 8.64. The molecule has 35 heavy (non-hydrogen) atoms. The van der Waals surface area contributed by atoms with Crippen LogP contribution in [0.25, 0.3) is 0 Å². The Morgan fingerprint density at radius 1 is 0.886 bits per heavy atom. The van der Waals surface area contributed by atoms with Gasteiger partial charge in [-0.2, -0.15) is 13.2 Å². The van der Waals surface area contributed by atoms with Gasteiger partial charge in [-0.3, -0.25) is 14.5 Å². The summed E-state index contributed by atoms with van der Waals surface area (Å²) in [6, 6.07) is 4.57. The summed E-state index contributed by atoms with van der Waals surface area (Å²) in [5.74, 6) is -1.10. The fraction of sp³-hybridized carbons (Fsp3) is 0.692. The average Bonchev–Trinajstić information content (AvgIpc) is 3.47. The van der Waals surface area contributed by atoms with Crippen LogP contribution in [-0.4, -0.2) is 72.1 Å². The van der Waals surface area contributed by atoms with Crippen LogP contribution in [-0.2, 0) is 15.8 Å². The van der Waals surface area contributed by atoms with Crippen molar-refractivity contribution in [2.75, 3.05) is 44.2 Å². The van der Waals surface area contributed by atoms with E-state index in [1.165, 1.54) is 25.3 Å². The smallest absolute Gasteiger partial charge is 0.416 e. The van der Waals surface area contributed by atoms with Gasteiger partial charge in [-0.25, -0.2) is 0 Å². The number of carbonyl (C=O) groups is 2. The van der Waals surface area contributed by atoms with E-state index in [0.29, 0.717) is 50.7 Å². The maximum atomic E-state index is 13.5. The van der Waals surface area contributed by atoms with Gasteiger partial charge in [-0.1, -0.05) is 12.5 Å². The summed E-state index contributed by atoms with van der Waals surface area (Å²) in [5.41, 5.74) is 0.689. The molecule has 0 spiro atoms. The molecule has 1 aliphatic carbocycles. The zero-order valence-electron chi connectivity index (χ0n) is 20.0. The van der Waals surface area contributed by atoms with E-state index in [0.717, 1.165) is 37.6 Å². The van der Waals surface area contributed by atoms with Crippen molar-refractivity contribution in [2.45, 2.75) is 63.1 Å². The van der Waals surface area contributed by atoms with Gasteiger partial charge in [0.25, 0.3) is 0 Å². The highest BCUT2D eigenvalue weighted by Crippen LogP contribution is 2.40. The maximum absolute atomic E-state index is 13.5. The molecule has 3 heterocycles. The summed E-state index contributed by atoms with van der Waals surface area (Å²) in [7, 11) is 0. The Labute approximate surface area is 204 Å². The second-order valence-electron chi connectivity index (χ2n) is 10.7. The van der Waals surface area contributed by atoms with E-state index in [4.69, 9.17) is 0 Å². The first-order chi connectivity index (χ1) is 16.7. The van der Waals surface area contributed by atoms with Gasteiger partial charge in [-0.15, -0.1) is 0 Å². The van der Waals surface area contributed by atoms with Crippen LogP contribution in [0.15, 0.2) is 18.2 Å². The summed E-state index contributed by atoms with van der Waals surface area (Å²) in [6.07, 6.45) is 1.74. The summed E-state index contributed by atoms with van der Waals surface area (Å²) in [4.78, 5) is 30.9. The predicted octanol–water partition coefficient (Wildman–Crippen LogP) is 4.20. The highest BCUT2D eigenvalue weighted by Gasteiger charge is 2.39. The number of anilines is 1. The predicted molar refractivity (Wildman–Crippen MR) is 125 cm³/mol. The van der Waals surface area contributed by atoms with Crippen LogP contribution in [0.5, 0.6) is 0 Å². The van der Waals surface area contributed by atoms with Crippen molar-refractivity contribution in [3.8, 4) is 0 Å². The fourth-order valence-corrected chi connectivity index (χ4v) is 6.25. The van der Waals surface area contributed by atoms with Crippen molar-refractivity contribution in [1.29, 1.82) is 0 Å². The minimum Gasteiger partial charge on any atom is -0.481 e. The molecule has 2 atom stereocenters. The first-order valence-corrected chi connectivity index (χ1v) is 12.9. The molecule has 1 saturated carbocycles. The lowest BCUT2D eigenvalue weighted by atomic mass is 9.91. The maximum Gasteiger partial charge on any atom is 0.416 e. The first-order valence-electron chi connectivity index (χ1n) is 12.9. The van der Waals surface area contributed by atoms with Gasteiger partial charge in [0.2, 0.25) is 5.91 Å². The second kappa shape index (κ2) is 9.64. The molecule has 5 rings (SSSR count). The molecular weight excluding hydrogens is 459 g/mol. The Hall–Kier alpha value is -2.29. The van der Waals surface area contributed by atoms with Crippen LogP contribution in [0, 0.1) is 11.8 Å². The van der Waals surface area contributed by atoms with Crippen molar-refractivity contribution >= 4 is 17.6 Å². The number of aliphatic carboxylic acids is 1. The fourth-order valence-electron chi connectivity index (χ4n) is 6.25. The Balaban J connectivity index is 1.30. The van der Waals surface area contributed by atoms with E-state index in [-0.39, 0.29) is 17.7 Å². The van der Waals surface area contributed by atoms with Gasteiger partial charge in [-0.05, 0) is 62.8 Å². The zero-order valence-corrected chi connectivity index (χ0v) is 20.0. The molecule has 1 aromatic carbocycles. The number of nitrogens with zero attached hydrogens (tertiary/aromatic N) is 3. The topological polar surface area (TPSA) is 64.1 Å². The molecule has 2 unspecified atom stereocenters. The second-order valence-corrected chi connectivity index (χ2v) is 10.7.